The normalized spacial score (nSPS) is 17.5. The molecule has 0 bridgehead atoms. The van der Waals surface area contributed by atoms with Gasteiger partial charge in [-0.25, -0.2) is 22.3 Å². The smallest absolute Gasteiger partial charge is 0.336 e. The summed E-state index contributed by atoms with van der Waals surface area (Å²) in [4.78, 5) is 27.7. The Kier molecular flexibility index (Phi) is 5.61. The number of hydrogen-bond donors (Lipinski definition) is 2. The Morgan fingerprint density at radius 2 is 1.80 bits per heavy atom. The predicted octanol–water partition coefficient (Wildman–Crippen LogP) is 3.99. The highest BCUT2D eigenvalue weighted by atomic mass is 32.2. The third kappa shape index (κ3) is 4.10. The molecule has 3 amide bonds. The van der Waals surface area contributed by atoms with Gasteiger partial charge in [-0.3, -0.25) is 4.79 Å². The first-order chi connectivity index (χ1) is 14.3. The molecule has 0 aromatic heterocycles. The van der Waals surface area contributed by atoms with Crippen molar-refractivity contribution in [2.45, 2.75) is 23.8 Å². The molecule has 0 radical (unpaired) electrons. The van der Waals surface area contributed by atoms with Crippen LogP contribution in [0.4, 0.5) is 29.3 Å². The van der Waals surface area contributed by atoms with Crippen LogP contribution in [-0.4, -0.2) is 43.0 Å². The van der Waals surface area contributed by atoms with E-state index in [0.717, 1.165) is 54.3 Å². The number of rotatable bonds is 3. The van der Waals surface area contributed by atoms with Crippen molar-refractivity contribution in [1.29, 1.82) is 0 Å². The molecular weight excluding hydrogens is 417 g/mol. The van der Waals surface area contributed by atoms with E-state index in [4.69, 9.17) is 0 Å². The van der Waals surface area contributed by atoms with Gasteiger partial charge < -0.3 is 15.5 Å². The highest BCUT2D eigenvalue weighted by Crippen LogP contribution is 2.39. The molecule has 1 saturated heterocycles. The fraction of sp³-hybridized carbons (Fsp3) is 0.300. The molecule has 10 heteroatoms. The summed E-state index contributed by atoms with van der Waals surface area (Å²) in [5, 5.41) is 5.62. The Morgan fingerprint density at radius 3 is 2.47 bits per heavy atom. The lowest BCUT2D eigenvalue weighted by Crippen LogP contribution is -2.43. The first kappa shape index (κ1) is 20.5. The summed E-state index contributed by atoms with van der Waals surface area (Å²) in [6.45, 7) is 1.83. The lowest BCUT2D eigenvalue weighted by Gasteiger charge is -2.30. The molecule has 1 fully saturated rings. The topological polar surface area (TPSA) is 64.7 Å². The zero-order valence-electron chi connectivity index (χ0n) is 16.0. The van der Waals surface area contributed by atoms with E-state index in [1.165, 1.54) is 0 Å². The average Bonchev–Trinajstić information content (AvgIpc) is 2.72. The number of nitrogens with one attached hydrogen (secondary N) is 2. The Hall–Kier alpha value is -2.72. The van der Waals surface area contributed by atoms with Gasteiger partial charge >= 0.3 is 6.03 Å². The van der Waals surface area contributed by atoms with Gasteiger partial charge in [-0.15, -0.1) is 0 Å². The van der Waals surface area contributed by atoms with Crippen molar-refractivity contribution in [2.75, 3.05) is 29.8 Å². The fourth-order valence-corrected chi connectivity index (χ4v) is 4.33. The molecule has 2 aliphatic rings. The average molecular weight is 436 g/mol. The van der Waals surface area contributed by atoms with Crippen LogP contribution in [0, 0.1) is 17.5 Å². The summed E-state index contributed by atoms with van der Waals surface area (Å²) in [7, 11) is 2.04. The van der Waals surface area contributed by atoms with E-state index in [1.807, 2.05) is 7.05 Å². The van der Waals surface area contributed by atoms with Gasteiger partial charge in [-0.1, -0.05) is 0 Å². The monoisotopic (exact) mass is 436 g/mol. The molecule has 30 heavy (non-hydrogen) atoms. The van der Waals surface area contributed by atoms with Crippen LogP contribution in [0.15, 0.2) is 35.2 Å². The number of likely N-dealkylation sites (tertiary alicyclic amines) is 1. The van der Waals surface area contributed by atoms with Crippen molar-refractivity contribution in [2.24, 2.45) is 0 Å². The SMILES string of the molecule is CN1CCC(NC(=O)c2ccc3c(c2)SN(c2cc(F)c(F)c(F)c2)C(=O)N3)CC1. The van der Waals surface area contributed by atoms with Crippen molar-refractivity contribution >= 4 is 35.3 Å². The molecule has 158 valence electrons. The minimum Gasteiger partial charge on any atom is -0.349 e. The lowest BCUT2D eigenvalue weighted by molar-refractivity contribution is 0.0916. The second-order valence-electron chi connectivity index (χ2n) is 7.30. The largest absolute Gasteiger partial charge is 0.349 e. The zero-order chi connectivity index (χ0) is 21.4. The minimum absolute atomic E-state index is 0.0961. The standard InChI is InChI=1S/C20H19F3N4O2S/c1-26-6-4-12(5-7-26)24-19(28)11-2-3-16-17(8-11)30-27(20(29)25-16)13-9-14(21)18(23)15(22)10-13/h2-3,8-10,12H,4-7H2,1H3,(H,24,28)(H,25,29). The van der Waals surface area contributed by atoms with Crippen LogP contribution in [0.2, 0.25) is 0 Å². The molecule has 4 rings (SSSR count). The number of anilines is 2. The predicted molar refractivity (Wildman–Crippen MR) is 108 cm³/mol. The van der Waals surface area contributed by atoms with Gasteiger partial charge in [0.05, 0.1) is 16.3 Å². The third-order valence-corrected chi connectivity index (χ3v) is 6.21. The molecule has 0 saturated carbocycles. The van der Waals surface area contributed by atoms with Crippen LogP contribution in [0.25, 0.3) is 0 Å². The van der Waals surface area contributed by atoms with Gasteiger partial charge in [0.15, 0.2) is 17.5 Å². The Morgan fingerprint density at radius 1 is 1.13 bits per heavy atom. The first-order valence-corrected chi connectivity index (χ1v) is 10.2. The van der Waals surface area contributed by atoms with Gasteiger partial charge in [0.2, 0.25) is 0 Å². The summed E-state index contributed by atoms with van der Waals surface area (Å²) < 4.78 is 41.4. The van der Waals surface area contributed by atoms with E-state index >= 15 is 0 Å². The molecule has 2 aliphatic heterocycles. The number of benzene rings is 2. The van der Waals surface area contributed by atoms with Crippen LogP contribution in [-0.2, 0) is 0 Å². The van der Waals surface area contributed by atoms with E-state index < -0.39 is 23.5 Å². The Labute approximate surface area is 175 Å². The van der Waals surface area contributed by atoms with Gasteiger partial charge in [-0.2, -0.15) is 0 Å². The molecule has 0 spiro atoms. The summed E-state index contributed by atoms with van der Waals surface area (Å²) in [6.07, 6.45) is 1.74. The van der Waals surface area contributed by atoms with Crippen molar-refractivity contribution < 1.29 is 22.8 Å². The number of hydrogen-bond acceptors (Lipinski definition) is 4. The molecule has 0 unspecified atom stereocenters. The summed E-state index contributed by atoms with van der Waals surface area (Å²) in [5.74, 6) is -4.62. The van der Waals surface area contributed by atoms with Crippen LogP contribution in [0.1, 0.15) is 23.2 Å². The minimum atomic E-state index is -1.60. The molecular formula is C20H19F3N4O2S. The Bertz CT molecular complexity index is 989. The van der Waals surface area contributed by atoms with Crippen LogP contribution >= 0.6 is 11.9 Å². The maximum atomic E-state index is 13.6. The summed E-state index contributed by atoms with van der Waals surface area (Å²) in [5.41, 5.74) is 0.730. The molecule has 6 nitrogen and oxygen atoms in total. The molecule has 2 heterocycles. The number of fused-ring (bicyclic) bond motifs is 1. The van der Waals surface area contributed by atoms with Crippen LogP contribution in [0.3, 0.4) is 0 Å². The lowest BCUT2D eigenvalue weighted by atomic mass is 10.0. The third-order valence-electron chi connectivity index (χ3n) is 5.12. The number of amides is 3. The summed E-state index contributed by atoms with van der Waals surface area (Å²) >= 11 is 0.898. The second kappa shape index (κ2) is 8.19. The number of piperidine rings is 1. The number of halogens is 3. The molecule has 2 aromatic rings. The number of carbonyl (C=O) groups excluding carboxylic acids is 2. The van der Waals surface area contributed by atoms with Crippen LogP contribution < -0.4 is 14.9 Å². The molecule has 2 aromatic carbocycles. The van der Waals surface area contributed by atoms with Gasteiger partial charge in [0.25, 0.3) is 5.91 Å². The molecule has 0 atom stereocenters. The van der Waals surface area contributed by atoms with E-state index in [2.05, 4.69) is 15.5 Å². The van der Waals surface area contributed by atoms with Crippen molar-refractivity contribution in [3.8, 4) is 0 Å². The number of nitrogens with zero attached hydrogens (tertiary/aromatic N) is 2. The second-order valence-corrected chi connectivity index (χ2v) is 8.29. The number of urea groups is 1. The van der Waals surface area contributed by atoms with Crippen molar-refractivity contribution in [3.63, 3.8) is 0 Å². The highest BCUT2D eigenvalue weighted by molar-refractivity contribution is 8.01. The maximum absolute atomic E-state index is 13.6. The number of carbonyl (C=O) groups is 2. The zero-order valence-corrected chi connectivity index (χ0v) is 16.9. The van der Waals surface area contributed by atoms with Gasteiger partial charge in [0.1, 0.15) is 0 Å². The van der Waals surface area contributed by atoms with E-state index in [0.29, 0.717) is 16.1 Å². The Balaban J connectivity index is 1.53. The molecule has 2 N–H and O–H groups in total. The van der Waals surface area contributed by atoms with Crippen molar-refractivity contribution in [3.05, 3.63) is 53.3 Å². The highest BCUT2D eigenvalue weighted by Gasteiger charge is 2.28. The van der Waals surface area contributed by atoms with E-state index in [9.17, 15) is 22.8 Å². The van der Waals surface area contributed by atoms with Crippen LogP contribution in [0.5, 0.6) is 0 Å². The van der Waals surface area contributed by atoms with Gasteiger partial charge in [-0.05, 0) is 63.1 Å². The van der Waals surface area contributed by atoms with E-state index in [1.54, 1.807) is 18.2 Å². The van der Waals surface area contributed by atoms with Gasteiger partial charge in [0, 0.05) is 23.7 Å². The maximum Gasteiger partial charge on any atom is 0.336 e. The quantitative estimate of drug-likeness (QED) is 0.564. The fourth-order valence-electron chi connectivity index (χ4n) is 3.40. The first-order valence-electron chi connectivity index (χ1n) is 9.39. The summed E-state index contributed by atoms with van der Waals surface area (Å²) in [6, 6.07) is 5.76. The molecule has 0 aliphatic carbocycles. The van der Waals surface area contributed by atoms with E-state index in [-0.39, 0.29) is 17.6 Å². The van der Waals surface area contributed by atoms with Crippen molar-refractivity contribution in [1.82, 2.24) is 10.2 Å².